The molecule has 0 aromatic carbocycles. The Morgan fingerprint density at radius 3 is 2.54 bits per heavy atom. The van der Waals surface area contributed by atoms with Crippen molar-refractivity contribution in [2.75, 3.05) is 6.54 Å². The Morgan fingerprint density at radius 1 is 1.54 bits per heavy atom. The van der Waals surface area contributed by atoms with Crippen LogP contribution in [-0.4, -0.2) is 23.7 Å². The van der Waals surface area contributed by atoms with Crippen molar-refractivity contribution in [1.82, 2.24) is 5.32 Å². The standard InChI is InChI=1S/C10H19NO2/c1-10(2,9(12)13)6-7-11-8-4-3-5-8/h8,11H,3-7H2,1-2H3,(H,12,13). The maximum absolute atomic E-state index is 10.8. The molecule has 0 saturated heterocycles. The van der Waals surface area contributed by atoms with Gasteiger partial charge in [0.1, 0.15) is 0 Å². The molecule has 1 fully saturated rings. The van der Waals surface area contributed by atoms with Crippen LogP contribution in [0.1, 0.15) is 39.5 Å². The fourth-order valence-electron chi connectivity index (χ4n) is 1.31. The maximum atomic E-state index is 10.8. The van der Waals surface area contributed by atoms with E-state index in [9.17, 15) is 4.79 Å². The van der Waals surface area contributed by atoms with E-state index in [1.807, 2.05) is 0 Å². The summed E-state index contributed by atoms with van der Waals surface area (Å²) in [6, 6.07) is 0.657. The lowest BCUT2D eigenvalue weighted by Gasteiger charge is -2.28. The highest BCUT2D eigenvalue weighted by Crippen LogP contribution is 2.21. The van der Waals surface area contributed by atoms with Gasteiger partial charge in [0.15, 0.2) is 0 Å². The Morgan fingerprint density at radius 2 is 2.15 bits per heavy atom. The van der Waals surface area contributed by atoms with Crippen LogP contribution in [0.25, 0.3) is 0 Å². The third-order valence-electron chi connectivity index (χ3n) is 2.87. The van der Waals surface area contributed by atoms with Crippen LogP contribution in [0, 0.1) is 5.41 Å². The van der Waals surface area contributed by atoms with Gasteiger partial charge < -0.3 is 10.4 Å². The van der Waals surface area contributed by atoms with Crippen molar-refractivity contribution in [2.24, 2.45) is 5.41 Å². The van der Waals surface area contributed by atoms with Crippen LogP contribution >= 0.6 is 0 Å². The molecule has 0 unspecified atom stereocenters. The Bertz CT molecular complexity index is 185. The lowest BCUT2D eigenvalue weighted by molar-refractivity contribution is -0.147. The molecule has 1 aliphatic rings. The molecule has 1 saturated carbocycles. The van der Waals surface area contributed by atoms with E-state index in [2.05, 4.69) is 5.32 Å². The van der Waals surface area contributed by atoms with E-state index < -0.39 is 11.4 Å². The maximum Gasteiger partial charge on any atom is 0.309 e. The number of hydrogen-bond acceptors (Lipinski definition) is 2. The molecule has 13 heavy (non-hydrogen) atoms. The molecule has 0 aromatic rings. The van der Waals surface area contributed by atoms with Crippen LogP contribution in [0.3, 0.4) is 0 Å². The van der Waals surface area contributed by atoms with Crippen molar-refractivity contribution < 1.29 is 9.90 Å². The van der Waals surface area contributed by atoms with Gasteiger partial charge in [0.2, 0.25) is 0 Å². The summed E-state index contributed by atoms with van der Waals surface area (Å²) in [6.07, 6.45) is 4.54. The van der Waals surface area contributed by atoms with Gasteiger partial charge in [-0.3, -0.25) is 4.79 Å². The van der Waals surface area contributed by atoms with Gasteiger partial charge in [-0.05, 0) is 39.7 Å². The van der Waals surface area contributed by atoms with E-state index in [1.54, 1.807) is 13.8 Å². The van der Waals surface area contributed by atoms with Gasteiger partial charge in [-0.1, -0.05) is 6.42 Å². The van der Waals surface area contributed by atoms with E-state index in [-0.39, 0.29) is 0 Å². The van der Waals surface area contributed by atoms with Crippen molar-refractivity contribution in [2.45, 2.75) is 45.6 Å². The molecular weight excluding hydrogens is 166 g/mol. The second kappa shape index (κ2) is 4.09. The predicted molar refractivity (Wildman–Crippen MR) is 51.7 cm³/mol. The Balaban J connectivity index is 2.13. The number of aliphatic carboxylic acids is 1. The second-order valence-electron chi connectivity index (χ2n) is 4.52. The molecule has 2 N–H and O–H groups in total. The second-order valence-corrected chi connectivity index (χ2v) is 4.52. The van der Waals surface area contributed by atoms with Crippen molar-refractivity contribution in [3.05, 3.63) is 0 Å². The first kappa shape index (κ1) is 10.5. The smallest absolute Gasteiger partial charge is 0.309 e. The largest absolute Gasteiger partial charge is 0.481 e. The van der Waals surface area contributed by atoms with Crippen molar-refractivity contribution in [1.29, 1.82) is 0 Å². The molecule has 0 radical (unpaired) electrons. The fraction of sp³-hybridized carbons (Fsp3) is 0.900. The summed E-state index contributed by atoms with van der Waals surface area (Å²) in [4.78, 5) is 10.8. The molecule has 0 bridgehead atoms. The first-order chi connectivity index (χ1) is 6.02. The molecule has 1 aliphatic carbocycles. The minimum atomic E-state index is -0.706. The van der Waals surface area contributed by atoms with E-state index >= 15 is 0 Å². The van der Waals surface area contributed by atoms with Crippen LogP contribution < -0.4 is 5.32 Å². The molecule has 0 atom stereocenters. The summed E-state index contributed by atoms with van der Waals surface area (Å²) in [5.41, 5.74) is -0.587. The highest BCUT2D eigenvalue weighted by Gasteiger charge is 2.27. The Labute approximate surface area is 79.5 Å². The molecule has 0 amide bonds. The molecule has 0 aliphatic heterocycles. The fourth-order valence-corrected chi connectivity index (χ4v) is 1.31. The van der Waals surface area contributed by atoms with Crippen LogP contribution in [-0.2, 0) is 4.79 Å². The normalized spacial score (nSPS) is 18.3. The van der Waals surface area contributed by atoms with Crippen molar-refractivity contribution >= 4 is 5.97 Å². The summed E-state index contributed by atoms with van der Waals surface area (Å²) >= 11 is 0. The third kappa shape index (κ3) is 2.99. The zero-order valence-electron chi connectivity index (χ0n) is 8.47. The lowest BCUT2D eigenvalue weighted by Crippen LogP contribution is -2.38. The van der Waals surface area contributed by atoms with Crippen LogP contribution in [0.4, 0.5) is 0 Å². The average Bonchev–Trinajstić information content (AvgIpc) is 1.94. The number of carbonyl (C=O) groups is 1. The summed E-state index contributed by atoms with van der Waals surface area (Å²) in [5.74, 6) is -0.706. The van der Waals surface area contributed by atoms with Crippen molar-refractivity contribution in [3.8, 4) is 0 Å². The van der Waals surface area contributed by atoms with Crippen LogP contribution in [0.5, 0.6) is 0 Å². The molecule has 76 valence electrons. The van der Waals surface area contributed by atoms with Gasteiger partial charge in [0.05, 0.1) is 5.41 Å². The van der Waals surface area contributed by atoms with E-state index in [0.717, 1.165) is 6.54 Å². The first-order valence-electron chi connectivity index (χ1n) is 4.99. The number of hydrogen-bond donors (Lipinski definition) is 2. The number of nitrogens with one attached hydrogen (secondary N) is 1. The third-order valence-corrected chi connectivity index (χ3v) is 2.87. The number of carboxylic acid groups (broad SMARTS) is 1. The van der Waals surface area contributed by atoms with Gasteiger partial charge in [-0.2, -0.15) is 0 Å². The molecule has 1 rings (SSSR count). The summed E-state index contributed by atoms with van der Waals surface area (Å²) in [7, 11) is 0. The van der Waals surface area contributed by atoms with Crippen LogP contribution in [0.2, 0.25) is 0 Å². The minimum absolute atomic E-state index is 0.587. The molecule has 0 aromatic heterocycles. The molecule has 3 nitrogen and oxygen atoms in total. The SMILES string of the molecule is CC(C)(CCNC1CCC1)C(=O)O. The zero-order chi connectivity index (χ0) is 9.90. The highest BCUT2D eigenvalue weighted by molar-refractivity contribution is 5.73. The van der Waals surface area contributed by atoms with Crippen molar-refractivity contribution in [3.63, 3.8) is 0 Å². The summed E-state index contributed by atoms with van der Waals surface area (Å²) in [6.45, 7) is 4.37. The molecule has 3 heteroatoms. The van der Waals surface area contributed by atoms with E-state index in [0.29, 0.717) is 12.5 Å². The van der Waals surface area contributed by atoms with Gasteiger partial charge in [0.25, 0.3) is 0 Å². The monoisotopic (exact) mass is 185 g/mol. The van der Waals surface area contributed by atoms with Gasteiger partial charge in [0, 0.05) is 6.04 Å². The first-order valence-corrected chi connectivity index (χ1v) is 4.99. The summed E-state index contributed by atoms with van der Waals surface area (Å²) < 4.78 is 0. The van der Waals surface area contributed by atoms with E-state index in [4.69, 9.17) is 5.11 Å². The quantitative estimate of drug-likeness (QED) is 0.684. The Hall–Kier alpha value is -0.570. The molecule has 0 spiro atoms. The number of carboxylic acids is 1. The zero-order valence-corrected chi connectivity index (χ0v) is 8.47. The van der Waals surface area contributed by atoms with Gasteiger partial charge in [-0.15, -0.1) is 0 Å². The minimum Gasteiger partial charge on any atom is -0.481 e. The van der Waals surface area contributed by atoms with Gasteiger partial charge in [-0.25, -0.2) is 0 Å². The molecular formula is C10H19NO2. The Kier molecular flexibility index (Phi) is 3.31. The number of rotatable bonds is 5. The van der Waals surface area contributed by atoms with Gasteiger partial charge >= 0.3 is 5.97 Å². The molecule has 0 heterocycles. The van der Waals surface area contributed by atoms with Crippen LogP contribution in [0.15, 0.2) is 0 Å². The highest BCUT2D eigenvalue weighted by atomic mass is 16.4. The average molecular weight is 185 g/mol. The topological polar surface area (TPSA) is 49.3 Å². The predicted octanol–water partition coefficient (Wildman–Crippen LogP) is 1.63. The lowest BCUT2D eigenvalue weighted by atomic mass is 9.88. The summed E-state index contributed by atoms with van der Waals surface area (Å²) in [5, 5.41) is 12.2. The van der Waals surface area contributed by atoms with E-state index in [1.165, 1.54) is 19.3 Å².